The van der Waals surface area contributed by atoms with Gasteiger partial charge in [-0.15, -0.1) is 0 Å². The molecule has 1 heterocycles. The maximum Gasteiger partial charge on any atom is 0.257 e. The van der Waals surface area contributed by atoms with Crippen LogP contribution in [-0.4, -0.2) is 47.4 Å². The van der Waals surface area contributed by atoms with Crippen LogP contribution >= 0.6 is 0 Å². The Bertz CT molecular complexity index is 927. The summed E-state index contributed by atoms with van der Waals surface area (Å²) in [6.07, 6.45) is 1.17. The molecule has 29 heavy (non-hydrogen) atoms. The van der Waals surface area contributed by atoms with Crippen LogP contribution in [0.1, 0.15) is 55.5 Å². The minimum absolute atomic E-state index is 0.0318. The van der Waals surface area contributed by atoms with Gasteiger partial charge in [0.25, 0.3) is 5.89 Å². The van der Waals surface area contributed by atoms with Crippen molar-refractivity contribution >= 4 is 15.7 Å². The van der Waals surface area contributed by atoms with Crippen molar-refractivity contribution in [2.45, 2.75) is 56.0 Å². The average Bonchev–Trinajstić information content (AvgIpc) is 3.42. The third-order valence-electron chi connectivity index (χ3n) is 4.80. The van der Waals surface area contributed by atoms with E-state index >= 15 is 0 Å². The summed E-state index contributed by atoms with van der Waals surface area (Å²) in [5.74, 6) is -0.479. The molecule has 1 aliphatic rings. The largest absolute Gasteiger partial charge is 0.381 e. The number of aliphatic hydroxyl groups is 1. The highest BCUT2D eigenvalue weighted by Crippen LogP contribution is 2.38. The van der Waals surface area contributed by atoms with E-state index in [1.807, 2.05) is 0 Å². The molecule has 9 nitrogen and oxygen atoms in total. The Morgan fingerprint density at radius 3 is 2.66 bits per heavy atom. The van der Waals surface area contributed by atoms with Crippen molar-refractivity contribution in [1.82, 2.24) is 15.5 Å². The quantitative estimate of drug-likeness (QED) is 0.509. The Labute approximate surface area is 169 Å². The van der Waals surface area contributed by atoms with E-state index in [1.165, 1.54) is 0 Å². The third-order valence-corrected chi connectivity index (χ3v) is 6.44. The van der Waals surface area contributed by atoms with Crippen LogP contribution in [0, 0.1) is 0 Å². The minimum Gasteiger partial charge on any atom is -0.381 e. The molecule has 0 spiro atoms. The summed E-state index contributed by atoms with van der Waals surface area (Å²) in [6, 6.07) is 6.71. The van der Waals surface area contributed by atoms with E-state index in [2.05, 4.69) is 15.5 Å². The molecule has 1 saturated carbocycles. The minimum atomic E-state index is -3.58. The van der Waals surface area contributed by atoms with Gasteiger partial charge in [0.05, 0.1) is 23.6 Å². The van der Waals surface area contributed by atoms with Crippen LogP contribution in [0.25, 0.3) is 0 Å². The van der Waals surface area contributed by atoms with E-state index in [0.29, 0.717) is 17.8 Å². The maximum atomic E-state index is 12.4. The molecule has 1 aliphatic carbocycles. The Balaban J connectivity index is 1.57. The molecular formula is C19H26N4O5S. The van der Waals surface area contributed by atoms with Gasteiger partial charge in [-0.1, -0.05) is 42.4 Å². The van der Waals surface area contributed by atoms with Gasteiger partial charge in [-0.2, -0.15) is 4.98 Å². The number of benzene rings is 1. The van der Waals surface area contributed by atoms with Gasteiger partial charge in [-0.3, -0.25) is 4.79 Å². The van der Waals surface area contributed by atoms with Gasteiger partial charge in [-0.05, 0) is 24.8 Å². The number of nitrogens with one attached hydrogen (secondary N) is 1. The second kappa shape index (κ2) is 9.02. The molecule has 0 aliphatic heterocycles. The average molecular weight is 423 g/mol. The fourth-order valence-corrected chi connectivity index (χ4v) is 4.49. The summed E-state index contributed by atoms with van der Waals surface area (Å²) in [5.41, 5.74) is 6.46. The highest BCUT2D eigenvalue weighted by molar-refractivity contribution is 7.90. The van der Waals surface area contributed by atoms with Gasteiger partial charge in [0.2, 0.25) is 5.91 Å². The van der Waals surface area contributed by atoms with Gasteiger partial charge >= 0.3 is 0 Å². The molecule has 1 amide bonds. The number of hydrogen-bond acceptors (Lipinski definition) is 8. The van der Waals surface area contributed by atoms with E-state index in [4.69, 9.17) is 10.3 Å². The molecule has 0 saturated heterocycles. The lowest BCUT2D eigenvalue weighted by Crippen LogP contribution is -2.50. The molecule has 158 valence electrons. The van der Waals surface area contributed by atoms with Crippen molar-refractivity contribution in [3.8, 4) is 0 Å². The fraction of sp³-hybridized carbons (Fsp3) is 0.526. The maximum absolute atomic E-state index is 12.4. The standard InChI is InChI=1S/C19H26N4O5S/c1-2-15(16(24)19-22-17(23-28-19)13-8-9-13)21-18(25)14(20)11-29(26,27)10-12-6-4-3-5-7-12/h3-7,13-16,24H,2,8-11,20H2,1H3,(H,21,25)/t14?,15-,16+/m1/s1. The number of aliphatic hydroxyl groups excluding tert-OH is 1. The summed E-state index contributed by atoms with van der Waals surface area (Å²) >= 11 is 0. The number of amides is 1. The van der Waals surface area contributed by atoms with Gasteiger partial charge < -0.3 is 20.7 Å². The van der Waals surface area contributed by atoms with Crippen molar-refractivity contribution in [3.05, 3.63) is 47.6 Å². The van der Waals surface area contributed by atoms with E-state index in [-0.39, 0.29) is 17.6 Å². The Hall–Kier alpha value is -2.30. The smallest absolute Gasteiger partial charge is 0.257 e. The van der Waals surface area contributed by atoms with Crippen molar-refractivity contribution in [3.63, 3.8) is 0 Å². The topological polar surface area (TPSA) is 148 Å². The van der Waals surface area contributed by atoms with Gasteiger partial charge in [0, 0.05) is 5.92 Å². The van der Waals surface area contributed by atoms with Crippen molar-refractivity contribution < 1.29 is 22.8 Å². The number of sulfone groups is 1. The SMILES string of the molecule is CC[C@@H](NC(=O)C(N)CS(=O)(=O)Cc1ccccc1)[C@H](O)c1nc(C2CC2)no1. The van der Waals surface area contributed by atoms with Crippen LogP contribution < -0.4 is 11.1 Å². The zero-order valence-corrected chi connectivity index (χ0v) is 17.0. The molecule has 0 bridgehead atoms. The molecular weight excluding hydrogens is 396 g/mol. The summed E-state index contributed by atoms with van der Waals surface area (Å²) < 4.78 is 29.8. The molecule has 1 aromatic carbocycles. The highest BCUT2D eigenvalue weighted by Gasteiger charge is 2.33. The predicted molar refractivity (Wildman–Crippen MR) is 105 cm³/mol. The molecule has 0 radical (unpaired) electrons. The van der Waals surface area contributed by atoms with Crippen LogP contribution in [0.15, 0.2) is 34.9 Å². The molecule has 1 fully saturated rings. The first-order valence-electron chi connectivity index (χ1n) is 9.61. The molecule has 3 rings (SSSR count). The number of carbonyl (C=O) groups excluding carboxylic acids is 1. The number of hydrogen-bond donors (Lipinski definition) is 3. The van der Waals surface area contributed by atoms with E-state index < -0.39 is 39.7 Å². The second-order valence-corrected chi connectivity index (χ2v) is 9.49. The van der Waals surface area contributed by atoms with E-state index in [0.717, 1.165) is 12.8 Å². The van der Waals surface area contributed by atoms with E-state index in [9.17, 15) is 18.3 Å². The van der Waals surface area contributed by atoms with Crippen LogP contribution in [0.3, 0.4) is 0 Å². The van der Waals surface area contributed by atoms with Crippen molar-refractivity contribution in [1.29, 1.82) is 0 Å². The van der Waals surface area contributed by atoms with E-state index in [1.54, 1.807) is 37.3 Å². The first kappa shape index (κ1) is 21.4. The summed E-state index contributed by atoms with van der Waals surface area (Å²) in [7, 11) is -3.58. The Morgan fingerprint density at radius 2 is 2.03 bits per heavy atom. The molecule has 1 unspecified atom stereocenters. The summed E-state index contributed by atoms with van der Waals surface area (Å²) in [5, 5.41) is 16.9. The normalized spacial score (nSPS) is 17.5. The Morgan fingerprint density at radius 1 is 1.34 bits per heavy atom. The number of rotatable bonds is 10. The molecule has 10 heteroatoms. The number of carbonyl (C=O) groups is 1. The zero-order valence-electron chi connectivity index (χ0n) is 16.2. The van der Waals surface area contributed by atoms with Crippen LogP contribution in [0.2, 0.25) is 0 Å². The lowest BCUT2D eigenvalue weighted by molar-refractivity contribution is -0.123. The first-order valence-corrected chi connectivity index (χ1v) is 11.4. The zero-order chi connectivity index (χ0) is 21.0. The summed E-state index contributed by atoms with van der Waals surface area (Å²) in [6.45, 7) is 1.77. The lowest BCUT2D eigenvalue weighted by Gasteiger charge is -2.22. The third kappa shape index (κ3) is 5.84. The van der Waals surface area contributed by atoms with Gasteiger partial charge in [0.15, 0.2) is 21.8 Å². The number of aromatic nitrogens is 2. The second-order valence-electron chi connectivity index (χ2n) is 7.38. The van der Waals surface area contributed by atoms with Gasteiger partial charge in [0.1, 0.15) is 0 Å². The fourth-order valence-electron chi connectivity index (χ4n) is 2.98. The Kier molecular flexibility index (Phi) is 6.66. The van der Waals surface area contributed by atoms with Crippen LogP contribution in [-0.2, 0) is 20.4 Å². The molecule has 1 aromatic heterocycles. The van der Waals surface area contributed by atoms with Crippen LogP contribution in [0.4, 0.5) is 0 Å². The molecule has 3 atom stereocenters. The first-order chi connectivity index (χ1) is 13.8. The number of nitrogens with two attached hydrogens (primary N) is 1. The lowest BCUT2D eigenvalue weighted by atomic mass is 10.1. The monoisotopic (exact) mass is 422 g/mol. The number of nitrogens with zero attached hydrogens (tertiary/aromatic N) is 2. The molecule has 4 N–H and O–H groups in total. The molecule has 2 aromatic rings. The van der Waals surface area contributed by atoms with Crippen molar-refractivity contribution in [2.24, 2.45) is 5.73 Å². The predicted octanol–water partition coefficient (Wildman–Crippen LogP) is 0.818. The van der Waals surface area contributed by atoms with Crippen LogP contribution in [0.5, 0.6) is 0 Å². The summed E-state index contributed by atoms with van der Waals surface area (Å²) in [4.78, 5) is 16.6. The van der Waals surface area contributed by atoms with Crippen molar-refractivity contribution in [2.75, 3.05) is 5.75 Å². The highest BCUT2D eigenvalue weighted by atomic mass is 32.2. The van der Waals surface area contributed by atoms with Gasteiger partial charge in [-0.25, -0.2) is 8.42 Å².